The molecule has 7 aliphatic carbocycles. The predicted octanol–water partition coefficient (Wildman–Crippen LogP) is 11.4. The Kier molecular flexibility index (Phi) is 34.5. The van der Waals surface area contributed by atoms with Gasteiger partial charge in [0.05, 0.1) is 22.6 Å². The summed E-state index contributed by atoms with van der Waals surface area (Å²) in [6, 6.07) is 0. The third kappa shape index (κ3) is 19.7. The SMILES string of the molecule is C1=CC([PH+](C2CCCCC2)C2CCCCC2)=C[CH-]C1.C1=CC2C=CC1C2.CC(C)[C@@H]1CC[C@@H](C)C[C@H]1[PH+](O)C1CCCC1.FB(F)F.[CH3-].[CH3-].[CH3-].[F-].[Fe+2].[Rh+3]. The van der Waals surface area contributed by atoms with Gasteiger partial charge in [-0.3, -0.25) is 17.8 Å². The molecule has 0 aromatic rings. The van der Waals surface area contributed by atoms with Gasteiger partial charge in [-0.1, -0.05) is 70.8 Å². The van der Waals surface area contributed by atoms with E-state index < -0.39 is 15.7 Å². The summed E-state index contributed by atoms with van der Waals surface area (Å²) in [5, 5.41) is 1.77. The molecule has 0 aromatic carbocycles. The predicted molar refractivity (Wildman–Crippen MR) is 224 cm³/mol. The van der Waals surface area contributed by atoms with Gasteiger partial charge in [-0.25, -0.2) is 6.42 Å². The van der Waals surface area contributed by atoms with E-state index in [1.165, 1.54) is 116 Å². The van der Waals surface area contributed by atoms with Crippen LogP contribution in [-0.4, -0.2) is 35.1 Å². The first-order chi connectivity index (χ1) is 22.7. The molecule has 1 N–H and O–H groups in total. The summed E-state index contributed by atoms with van der Waals surface area (Å²) in [5.74, 6) is 4.05. The average Bonchev–Trinajstić information content (AvgIpc) is 3.88. The van der Waals surface area contributed by atoms with Crippen LogP contribution in [0.15, 0.2) is 47.8 Å². The van der Waals surface area contributed by atoms with Gasteiger partial charge in [-0.05, 0) is 133 Å². The van der Waals surface area contributed by atoms with Crippen LogP contribution in [0.4, 0.5) is 12.9 Å². The van der Waals surface area contributed by atoms with Gasteiger partial charge in [0.2, 0.25) is 0 Å². The number of hydrogen-bond acceptors (Lipinski definition) is 1. The smallest absolute Gasteiger partial charge is 1.00 e. The van der Waals surface area contributed by atoms with E-state index in [2.05, 4.69) is 69.7 Å². The number of allylic oxidation sites excluding steroid dienone is 8. The average molecular weight is 917 g/mol. The zero-order valence-electron chi connectivity index (χ0n) is 34.0. The van der Waals surface area contributed by atoms with Crippen LogP contribution >= 0.6 is 16.1 Å². The molecule has 1 nitrogen and oxygen atoms in total. The second kappa shape index (κ2) is 31.6. The van der Waals surface area contributed by atoms with Gasteiger partial charge in [0, 0.05) is 5.92 Å². The van der Waals surface area contributed by atoms with E-state index in [0.29, 0.717) is 5.66 Å². The van der Waals surface area contributed by atoms with Gasteiger partial charge in [0.15, 0.2) is 0 Å². The van der Waals surface area contributed by atoms with E-state index >= 15 is 0 Å². The molecule has 53 heavy (non-hydrogen) atoms. The minimum Gasteiger partial charge on any atom is -1.00 e. The Labute approximate surface area is 352 Å². The standard InChI is InChI=1S/C18H28P.C15H29OP.C7H8.3CH3.BF3.FH.Fe.Rh/c1-4-10-16(11-5-1)19(17-12-6-2-7-13-17)18-14-8-3-9-15-18;1-11(2)14-9-8-12(3)10-15(14)17(16)13-6-4-5-7-13;1-2-7-4-3-6(1)5-7;;;;2-1(3)4;;;/h4-5,10-11,17-18H,1-3,6-9,12-15H2;11-16H,4-10H2,1-3H3;1-4,6-7H,5H2;3*1H3;;1H;;/q-1;;;3*-1;;;+2;+3/p+1/t;12-,14+,15-,17?;;;;;;;;/m.1......../s1. The van der Waals surface area contributed by atoms with Crippen molar-refractivity contribution >= 4 is 23.6 Å². The fourth-order valence-corrected chi connectivity index (χ4v) is 17.3. The van der Waals surface area contributed by atoms with Crippen LogP contribution < -0.4 is 4.70 Å². The Morgan fingerprint density at radius 1 is 0.717 bits per heavy atom. The van der Waals surface area contributed by atoms with Crippen molar-refractivity contribution < 1.29 is 59.1 Å². The van der Waals surface area contributed by atoms with Gasteiger partial charge in [0.25, 0.3) is 0 Å². The molecule has 7 aliphatic rings. The first-order valence-electron chi connectivity index (χ1n) is 19.6. The number of halogens is 4. The quantitative estimate of drug-likeness (QED) is 0.0925. The Morgan fingerprint density at radius 2 is 1.15 bits per heavy atom. The van der Waals surface area contributed by atoms with E-state index in [1.807, 2.05) is 0 Å². The molecular formula is C43H76BF4FeOP2Rh+2. The van der Waals surface area contributed by atoms with E-state index in [0.717, 1.165) is 53.0 Å². The van der Waals surface area contributed by atoms with Crippen LogP contribution in [0.25, 0.3) is 0 Å². The number of hydrogen-bond donors (Lipinski definition) is 1. The van der Waals surface area contributed by atoms with Crippen molar-refractivity contribution in [2.45, 2.75) is 165 Å². The zero-order valence-corrected chi connectivity index (χ0v) is 38.7. The fourth-order valence-electron chi connectivity index (χ4n) is 9.74. The van der Waals surface area contributed by atoms with Crippen LogP contribution in [0, 0.1) is 58.3 Å². The van der Waals surface area contributed by atoms with Gasteiger partial charge in [-0.15, -0.1) is 12.2 Å². The molecule has 0 saturated heterocycles. The summed E-state index contributed by atoms with van der Waals surface area (Å²) in [6.07, 6.45) is 46.1. The van der Waals surface area contributed by atoms with E-state index in [1.54, 1.807) is 5.31 Å². The van der Waals surface area contributed by atoms with Crippen molar-refractivity contribution in [2.75, 3.05) is 0 Å². The summed E-state index contributed by atoms with van der Waals surface area (Å²) in [5.41, 5.74) is 3.58. The van der Waals surface area contributed by atoms with Crippen LogP contribution in [-0.2, 0) is 36.5 Å². The zero-order chi connectivity index (χ0) is 33.6. The van der Waals surface area contributed by atoms with Crippen LogP contribution in [0.1, 0.15) is 143 Å². The van der Waals surface area contributed by atoms with Crippen molar-refractivity contribution in [1.82, 2.24) is 0 Å². The van der Waals surface area contributed by atoms with Crippen molar-refractivity contribution in [1.29, 1.82) is 0 Å². The molecule has 1 unspecified atom stereocenters. The second-order valence-electron chi connectivity index (χ2n) is 16.0. The van der Waals surface area contributed by atoms with Crippen molar-refractivity contribution in [3.05, 3.63) is 76.5 Å². The molecule has 0 aliphatic heterocycles. The Morgan fingerprint density at radius 3 is 1.53 bits per heavy atom. The van der Waals surface area contributed by atoms with Crippen molar-refractivity contribution in [2.24, 2.45) is 29.6 Å². The van der Waals surface area contributed by atoms with E-state index in [4.69, 9.17) is 0 Å². The maximum absolute atomic E-state index is 10.8. The molecule has 2 bridgehead atoms. The van der Waals surface area contributed by atoms with E-state index in [9.17, 15) is 17.8 Å². The monoisotopic (exact) mass is 916 g/mol. The van der Waals surface area contributed by atoms with Crippen LogP contribution in [0.5, 0.6) is 0 Å². The fraction of sp³-hybridized carbons (Fsp3) is 0.721. The topological polar surface area (TPSA) is 20.2 Å². The largest absolute Gasteiger partial charge is 3.00 e. The molecule has 4 fully saturated rings. The Hall–Kier alpha value is 0.578. The minimum atomic E-state index is -3.67. The summed E-state index contributed by atoms with van der Waals surface area (Å²) < 4.78 is 29.0. The van der Waals surface area contributed by atoms with Crippen molar-refractivity contribution in [3.63, 3.8) is 0 Å². The maximum Gasteiger partial charge on any atom is 3.00 e. The molecule has 0 aromatic heterocycles. The normalized spacial score (nSPS) is 27.7. The Balaban J connectivity index is -0.000000676. The third-order valence-electron chi connectivity index (χ3n) is 12.2. The molecule has 4 atom stereocenters. The first kappa shape index (κ1) is 57.9. The molecule has 4 saturated carbocycles. The summed E-state index contributed by atoms with van der Waals surface area (Å²) in [6.45, 7) is 7.10. The molecule has 7 rings (SSSR count). The molecular weight excluding hydrogens is 840 g/mol. The molecule has 310 valence electrons. The van der Waals surface area contributed by atoms with Gasteiger partial charge >= 0.3 is 44.1 Å². The van der Waals surface area contributed by atoms with Gasteiger partial charge in [-0.2, -0.15) is 6.08 Å². The number of fused-ring (bicyclic) bond motifs is 2. The van der Waals surface area contributed by atoms with Crippen LogP contribution in [0.3, 0.4) is 0 Å². The second-order valence-corrected chi connectivity index (χ2v) is 21.6. The summed E-state index contributed by atoms with van der Waals surface area (Å²) >= 11 is 0. The van der Waals surface area contributed by atoms with Gasteiger partial charge < -0.3 is 27.0 Å². The third-order valence-corrected chi connectivity index (χ3v) is 19.0. The van der Waals surface area contributed by atoms with Crippen LogP contribution in [0.2, 0.25) is 0 Å². The Bertz CT molecular complexity index is 967. The minimum absolute atomic E-state index is 0. The molecule has 0 amide bonds. The molecule has 10 heteroatoms. The summed E-state index contributed by atoms with van der Waals surface area (Å²) in [7, 11) is -5.06. The summed E-state index contributed by atoms with van der Waals surface area (Å²) in [4.78, 5) is 10.8. The first-order valence-corrected chi connectivity index (χ1v) is 22.9. The molecule has 0 spiro atoms. The van der Waals surface area contributed by atoms with Crippen molar-refractivity contribution in [3.8, 4) is 0 Å². The van der Waals surface area contributed by atoms with E-state index in [-0.39, 0.29) is 71.5 Å². The molecule has 0 heterocycles. The number of rotatable bonds is 6. The van der Waals surface area contributed by atoms with Gasteiger partial charge in [0.1, 0.15) is 8.15 Å². The molecule has 0 radical (unpaired) electrons. The maximum atomic E-state index is 10.8.